The van der Waals surface area contributed by atoms with Crippen molar-refractivity contribution < 1.29 is 14.1 Å². The van der Waals surface area contributed by atoms with Gasteiger partial charge in [-0.25, -0.2) is 9.97 Å². The molecule has 0 spiro atoms. The van der Waals surface area contributed by atoms with E-state index in [4.69, 9.17) is 16.3 Å². The van der Waals surface area contributed by atoms with Crippen LogP contribution in [0, 0.1) is 15.9 Å². The van der Waals surface area contributed by atoms with Gasteiger partial charge in [-0.05, 0) is 6.07 Å². The summed E-state index contributed by atoms with van der Waals surface area (Å²) in [4.78, 5) is 17.0. The van der Waals surface area contributed by atoms with E-state index in [-0.39, 0.29) is 16.8 Å². The first kappa shape index (κ1) is 12.2. The molecule has 0 fully saturated rings. The first-order chi connectivity index (χ1) is 8.56. The van der Waals surface area contributed by atoms with Gasteiger partial charge in [-0.3, -0.25) is 10.1 Å². The smallest absolute Gasteiger partial charge is 0.305 e. The normalized spacial score (nSPS) is 10.1. The van der Waals surface area contributed by atoms with Crippen LogP contribution in [0.4, 0.5) is 10.1 Å². The Bertz CT molecular complexity index is 609. The molecule has 18 heavy (non-hydrogen) atoms. The summed E-state index contributed by atoms with van der Waals surface area (Å²) in [5.74, 6) is -0.797. The first-order valence-electron chi connectivity index (χ1n) is 4.65. The van der Waals surface area contributed by atoms with Gasteiger partial charge in [0.2, 0.25) is 11.7 Å². The zero-order valence-electron chi connectivity index (χ0n) is 8.71. The van der Waals surface area contributed by atoms with E-state index >= 15 is 0 Å². The van der Waals surface area contributed by atoms with Gasteiger partial charge < -0.3 is 4.74 Å². The van der Waals surface area contributed by atoms with Crippen LogP contribution in [0.25, 0.3) is 0 Å². The lowest BCUT2D eigenvalue weighted by Crippen LogP contribution is -1.94. The Morgan fingerprint density at radius 2 is 2.11 bits per heavy atom. The molecular weight excluding hydrogens is 265 g/mol. The van der Waals surface area contributed by atoms with Crippen molar-refractivity contribution in [3.8, 4) is 11.6 Å². The number of hydrogen-bond donors (Lipinski definition) is 0. The average molecular weight is 270 g/mol. The Labute approximate surface area is 105 Å². The number of halogens is 2. The number of rotatable bonds is 3. The summed E-state index contributed by atoms with van der Waals surface area (Å²) in [5.41, 5.74) is -0.622. The molecule has 0 radical (unpaired) electrons. The lowest BCUT2D eigenvalue weighted by atomic mass is 10.3. The molecule has 2 aromatic rings. The molecule has 8 heteroatoms. The van der Waals surface area contributed by atoms with Crippen LogP contribution in [0.1, 0.15) is 0 Å². The number of benzene rings is 1. The largest absolute Gasteiger partial charge is 0.439 e. The van der Waals surface area contributed by atoms with Gasteiger partial charge in [0, 0.05) is 18.2 Å². The van der Waals surface area contributed by atoms with Crippen LogP contribution in [-0.4, -0.2) is 14.9 Å². The van der Waals surface area contributed by atoms with Crippen molar-refractivity contribution in [2.75, 3.05) is 0 Å². The third-order valence-electron chi connectivity index (χ3n) is 1.95. The summed E-state index contributed by atoms with van der Waals surface area (Å²) in [6.07, 6.45) is 1.18. The first-order valence-corrected chi connectivity index (χ1v) is 5.03. The second-order valence-electron chi connectivity index (χ2n) is 3.15. The molecule has 92 valence electrons. The fourth-order valence-electron chi connectivity index (χ4n) is 1.19. The molecule has 1 heterocycles. The van der Waals surface area contributed by atoms with Crippen molar-refractivity contribution in [1.29, 1.82) is 0 Å². The van der Waals surface area contributed by atoms with Gasteiger partial charge in [-0.2, -0.15) is 4.39 Å². The quantitative estimate of drug-likeness (QED) is 0.486. The topological polar surface area (TPSA) is 78.2 Å². The third-order valence-corrected chi connectivity index (χ3v) is 2.15. The van der Waals surface area contributed by atoms with E-state index in [1.165, 1.54) is 18.5 Å². The maximum absolute atomic E-state index is 13.3. The third kappa shape index (κ3) is 2.69. The lowest BCUT2D eigenvalue weighted by Gasteiger charge is -2.04. The number of nitro benzene ring substituents is 1. The van der Waals surface area contributed by atoms with Crippen molar-refractivity contribution in [1.82, 2.24) is 9.97 Å². The van der Waals surface area contributed by atoms with Crippen molar-refractivity contribution in [3.05, 3.63) is 51.7 Å². The van der Waals surface area contributed by atoms with Crippen LogP contribution in [0.5, 0.6) is 11.6 Å². The second kappa shape index (κ2) is 4.92. The van der Waals surface area contributed by atoms with E-state index in [2.05, 4.69) is 9.97 Å². The van der Waals surface area contributed by atoms with Crippen LogP contribution in [0.2, 0.25) is 5.15 Å². The highest BCUT2D eigenvalue weighted by Gasteiger charge is 2.14. The van der Waals surface area contributed by atoms with E-state index in [0.717, 1.165) is 12.1 Å². The molecule has 0 N–H and O–H groups in total. The van der Waals surface area contributed by atoms with Gasteiger partial charge in [0.25, 0.3) is 0 Å². The van der Waals surface area contributed by atoms with Gasteiger partial charge in [-0.1, -0.05) is 11.6 Å². The number of aromatic nitrogens is 2. The number of ether oxygens (including phenoxy) is 1. The van der Waals surface area contributed by atoms with Gasteiger partial charge in [0.15, 0.2) is 0 Å². The standard InChI is InChI=1S/C10H5ClFN3O3/c11-9-4-10(14-5-13-9)18-6-1-2-8(15(16)17)7(12)3-6/h1-5H. The van der Waals surface area contributed by atoms with E-state index in [1.54, 1.807) is 0 Å². The summed E-state index contributed by atoms with van der Waals surface area (Å²) in [5, 5.41) is 10.6. The highest BCUT2D eigenvalue weighted by molar-refractivity contribution is 6.29. The summed E-state index contributed by atoms with van der Waals surface area (Å²) in [6, 6.07) is 4.50. The molecule has 0 aliphatic heterocycles. The van der Waals surface area contributed by atoms with Gasteiger partial charge in [-0.15, -0.1) is 0 Å². The molecule has 2 rings (SSSR count). The maximum atomic E-state index is 13.3. The minimum absolute atomic E-state index is 0.0767. The van der Waals surface area contributed by atoms with Crippen LogP contribution >= 0.6 is 11.6 Å². The molecule has 0 atom stereocenters. The Kier molecular flexibility index (Phi) is 3.33. The van der Waals surface area contributed by atoms with E-state index in [1.807, 2.05) is 0 Å². The highest BCUT2D eigenvalue weighted by Crippen LogP contribution is 2.26. The molecule has 0 aliphatic carbocycles. The fraction of sp³-hybridized carbons (Fsp3) is 0. The maximum Gasteiger partial charge on any atom is 0.305 e. The van der Waals surface area contributed by atoms with Crippen molar-refractivity contribution in [2.24, 2.45) is 0 Å². The lowest BCUT2D eigenvalue weighted by molar-refractivity contribution is -0.387. The number of nitro groups is 1. The van der Waals surface area contributed by atoms with Crippen LogP contribution in [0.3, 0.4) is 0 Å². The average Bonchev–Trinajstić information content (AvgIpc) is 2.28. The van der Waals surface area contributed by atoms with E-state index in [0.29, 0.717) is 0 Å². The molecule has 6 nitrogen and oxygen atoms in total. The van der Waals surface area contributed by atoms with Crippen molar-refractivity contribution >= 4 is 17.3 Å². The van der Waals surface area contributed by atoms with Crippen molar-refractivity contribution in [3.63, 3.8) is 0 Å². The fourth-order valence-corrected chi connectivity index (χ4v) is 1.33. The minimum Gasteiger partial charge on any atom is -0.439 e. The summed E-state index contributed by atoms with van der Waals surface area (Å²) in [7, 11) is 0. The SMILES string of the molecule is O=[N+]([O-])c1ccc(Oc2cc(Cl)ncn2)cc1F. The molecule has 0 aliphatic rings. The summed E-state index contributed by atoms with van der Waals surface area (Å²) in [6.45, 7) is 0. The number of nitrogens with zero attached hydrogens (tertiary/aromatic N) is 3. The monoisotopic (exact) mass is 269 g/mol. The molecule has 0 saturated heterocycles. The molecule has 0 unspecified atom stereocenters. The number of hydrogen-bond acceptors (Lipinski definition) is 5. The Morgan fingerprint density at radius 1 is 1.33 bits per heavy atom. The van der Waals surface area contributed by atoms with Crippen LogP contribution in [0.15, 0.2) is 30.6 Å². The summed E-state index contributed by atoms with van der Waals surface area (Å²) < 4.78 is 18.5. The summed E-state index contributed by atoms with van der Waals surface area (Å²) >= 11 is 5.61. The molecule has 0 bridgehead atoms. The van der Waals surface area contributed by atoms with Gasteiger partial charge in [0.05, 0.1) is 4.92 Å². The zero-order chi connectivity index (χ0) is 13.1. The highest BCUT2D eigenvalue weighted by atomic mass is 35.5. The Balaban J connectivity index is 2.25. The van der Waals surface area contributed by atoms with Crippen molar-refractivity contribution in [2.45, 2.75) is 0 Å². The van der Waals surface area contributed by atoms with E-state index < -0.39 is 16.4 Å². The Morgan fingerprint density at radius 3 is 2.72 bits per heavy atom. The minimum atomic E-state index is -0.988. The molecule has 0 amide bonds. The van der Waals surface area contributed by atoms with Gasteiger partial charge >= 0.3 is 5.69 Å². The van der Waals surface area contributed by atoms with E-state index in [9.17, 15) is 14.5 Å². The molecule has 0 saturated carbocycles. The molecule has 1 aromatic carbocycles. The molecular formula is C10H5ClFN3O3. The Hall–Kier alpha value is -2.28. The molecule has 1 aromatic heterocycles. The van der Waals surface area contributed by atoms with Gasteiger partial charge in [0.1, 0.15) is 17.2 Å². The second-order valence-corrected chi connectivity index (χ2v) is 3.54. The van der Waals surface area contributed by atoms with Crippen LogP contribution in [-0.2, 0) is 0 Å². The predicted molar refractivity (Wildman–Crippen MR) is 60.2 cm³/mol. The predicted octanol–water partition coefficient (Wildman–Crippen LogP) is 2.97. The van der Waals surface area contributed by atoms with Crippen LogP contribution < -0.4 is 4.74 Å². The zero-order valence-corrected chi connectivity index (χ0v) is 9.46.